The van der Waals surface area contributed by atoms with E-state index >= 15 is 0 Å². The number of rotatable bonds is 0. The van der Waals surface area contributed by atoms with Gasteiger partial charge in [0, 0.05) is 18.4 Å². The molecule has 1 N–H and O–H groups in total. The Hall–Kier alpha value is -0.370. The fourth-order valence-corrected chi connectivity index (χ4v) is 2.99. The Morgan fingerprint density at radius 1 is 1.46 bits per heavy atom. The Labute approximate surface area is 80.1 Å². The zero-order chi connectivity index (χ0) is 9.47. The van der Waals surface area contributed by atoms with Gasteiger partial charge in [0.05, 0.1) is 0 Å². The second-order valence-electron chi connectivity index (χ2n) is 4.96. The summed E-state index contributed by atoms with van der Waals surface area (Å²) in [5.41, 5.74) is 0.0116. The van der Waals surface area contributed by atoms with E-state index in [-0.39, 0.29) is 5.41 Å². The van der Waals surface area contributed by atoms with Gasteiger partial charge in [0.15, 0.2) is 0 Å². The second kappa shape index (κ2) is 3.09. The number of nitrogens with one attached hydrogen (secondary N) is 1. The van der Waals surface area contributed by atoms with Crippen LogP contribution in [0.5, 0.6) is 0 Å². The lowest BCUT2D eigenvalue weighted by molar-refractivity contribution is -0.133. The molecule has 3 unspecified atom stereocenters. The molecule has 2 rings (SSSR count). The van der Waals surface area contributed by atoms with Gasteiger partial charge in [-0.1, -0.05) is 13.8 Å². The predicted octanol–water partition coefficient (Wildman–Crippen LogP) is 1.60. The van der Waals surface area contributed by atoms with E-state index in [4.69, 9.17) is 0 Å². The van der Waals surface area contributed by atoms with E-state index in [0.29, 0.717) is 11.7 Å². The lowest BCUT2D eigenvalue weighted by Gasteiger charge is -2.38. The number of carbonyl (C=O) groups excluding carboxylic acids is 1. The van der Waals surface area contributed by atoms with Crippen LogP contribution in [0.4, 0.5) is 0 Å². The van der Waals surface area contributed by atoms with Gasteiger partial charge in [-0.15, -0.1) is 0 Å². The molecule has 2 fully saturated rings. The highest BCUT2D eigenvalue weighted by atomic mass is 16.1. The molecule has 0 amide bonds. The summed E-state index contributed by atoms with van der Waals surface area (Å²) >= 11 is 0. The standard InChI is InChI=1S/C11H19NO/c1-8-3-4-10(13)11(5-8)7-12-6-9(11)2/h8-9,12H,3-7H2,1-2H3. The van der Waals surface area contributed by atoms with Crippen molar-refractivity contribution in [2.45, 2.75) is 33.1 Å². The SMILES string of the molecule is CC1CCC(=O)C2(CNCC2C)C1. The maximum absolute atomic E-state index is 11.9. The van der Waals surface area contributed by atoms with E-state index in [1.165, 1.54) is 0 Å². The first kappa shape index (κ1) is 9.20. The average Bonchev–Trinajstić information content (AvgIpc) is 2.43. The van der Waals surface area contributed by atoms with Crippen LogP contribution in [0, 0.1) is 17.3 Å². The van der Waals surface area contributed by atoms with Gasteiger partial charge < -0.3 is 5.32 Å². The number of hydrogen-bond donors (Lipinski definition) is 1. The molecule has 2 nitrogen and oxygen atoms in total. The van der Waals surface area contributed by atoms with Crippen molar-refractivity contribution in [3.63, 3.8) is 0 Å². The highest BCUT2D eigenvalue weighted by molar-refractivity contribution is 5.86. The van der Waals surface area contributed by atoms with Gasteiger partial charge in [-0.2, -0.15) is 0 Å². The monoisotopic (exact) mass is 181 g/mol. The van der Waals surface area contributed by atoms with Gasteiger partial charge in [-0.05, 0) is 31.2 Å². The van der Waals surface area contributed by atoms with Gasteiger partial charge in [-0.3, -0.25) is 4.79 Å². The van der Waals surface area contributed by atoms with Crippen molar-refractivity contribution in [3.8, 4) is 0 Å². The maximum atomic E-state index is 11.9. The van der Waals surface area contributed by atoms with Crippen molar-refractivity contribution in [2.24, 2.45) is 17.3 Å². The van der Waals surface area contributed by atoms with Gasteiger partial charge >= 0.3 is 0 Å². The third-order valence-electron chi connectivity index (χ3n) is 3.97. The van der Waals surface area contributed by atoms with E-state index in [0.717, 1.165) is 38.3 Å². The smallest absolute Gasteiger partial charge is 0.140 e. The van der Waals surface area contributed by atoms with E-state index < -0.39 is 0 Å². The van der Waals surface area contributed by atoms with Crippen molar-refractivity contribution < 1.29 is 4.79 Å². The van der Waals surface area contributed by atoms with Crippen molar-refractivity contribution >= 4 is 5.78 Å². The fraction of sp³-hybridized carbons (Fsp3) is 0.909. The summed E-state index contributed by atoms with van der Waals surface area (Å²) in [7, 11) is 0. The zero-order valence-corrected chi connectivity index (χ0v) is 8.60. The lowest BCUT2D eigenvalue weighted by atomic mass is 9.64. The number of Topliss-reactive ketones (excluding diaryl/α,β-unsaturated/α-hetero) is 1. The molecule has 1 saturated carbocycles. The summed E-state index contributed by atoms with van der Waals surface area (Å²) in [6.45, 7) is 6.45. The van der Waals surface area contributed by atoms with Crippen LogP contribution in [0.3, 0.4) is 0 Å². The van der Waals surface area contributed by atoms with Crippen molar-refractivity contribution in [3.05, 3.63) is 0 Å². The number of ketones is 1. The molecule has 1 spiro atoms. The highest BCUT2D eigenvalue weighted by Gasteiger charge is 2.48. The third-order valence-corrected chi connectivity index (χ3v) is 3.97. The molecule has 0 bridgehead atoms. The molecule has 1 aliphatic carbocycles. The third kappa shape index (κ3) is 1.32. The van der Waals surface area contributed by atoms with Crippen LogP contribution in [0.2, 0.25) is 0 Å². The Bertz CT molecular complexity index is 226. The minimum atomic E-state index is 0.0116. The highest BCUT2D eigenvalue weighted by Crippen LogP contribution is 2.44. The first-order valence-electron chi connectivity index (χ1n) is 5.39. The van der Waals surface area contributed by atoms with Crippen molar-refractivity contribution in [1.82, 2.24) is 5.32 Å². The average molecular weight is 181 g/mol. The number of carbonyl (C=O) groups is 1. The topological polar surface area (TPSA) is 29.1 Å². The lowest BCUT2D eigenvalue weighted by Crippen LogP contribution is -2.42. The molecule has 0 aromatic heterocycles. The summed E-state index contributed by atoms with van der Waals surface area (Å²) in [5.74, 6) is 1.80. The largest absolute Gasteiger partial charge is 0.315 e. The molecule has 2 aliphatic rings. The first-order chi connectivity index (χ1) is 6.15. The Kier molecular flexibility index (Phi) is 2.18. The van der Waals surface area contributed by atoms with Crippen LogP contribution in [-0.4, -0.2) is 18.9 Å². The molecule has 0 aromatic rings. The molecule has 1 saturated heterocycles. The maximum Gasteiger partial charge on any atom is 0.140 e. The summed E-state index contributed by atoms with van der Waals surface area (Å²) in [6, 6.07) is 0. The molecule has 2 heteroatoms. The molecular weight excluding hydrogens is 162 g/mol. The van der Waals surface area contributed by atoms with E-state index in [9.17, 15) is 4.79 Å². The minimum Gasteiger partial charge on any atom is -0.315 e. The van der Waals surface area contributed by atoms with Crippen LogP contribution in [0.1, 0.15) is 33.1 Å². The fourth-order valence-electron chi connectivity index (χ4n) is 2.99. The minimum absolute atomic E-state index is 0.0116. The van der Waals surface area contributed by atoms with Crippen molar-refractivity contribution in [1.29, 1.82) is 0 Å². The summed E-state index contributed by atoms with van der Waals surface area (Å²) < 4.78 is 0. The van der Waals surface area contributed by atoms with Gasteiger partial charge in [-0.25, -0.2) is 0 Å². The molecule has 74 valence electrons. The Morgan fingerprint density at radius 3 is 2.85 bits per heavy atom. The predicted molar refractivity (Wildman–Crippen MR) is 52.5 cm³/mol. The normalized spacial score (nSPS) is 45.8. The van der Waals surface area contributed by atoms with E-state index in [2.05, 4.69) is 19.2 Å². The molecule has 1 aliphatic heterocycles. The molecule has 1 heterocycles. The molecular formula is C11H19NO. The van der Waals surface area contributed by atoms with Gasteiger partial charge in [0.25, 0.3) is 0 Å². The molecule has 0 aromatic carbocycles. The first-order valence-corrected chi connectivity index (χ1v) is 5.39. The van der Waals surface area contributed by atoms with Crippen LogP contribution in [0.25, 0.3) is 0 Å². The summed E-state index contributed by atoms with van der Waals surface area (Å²) in [6.07, 6.45) is 3.03. The summed E-state index contributed by atoms with van der Waals surface area (Å²) in [5, 5.41) is 3.36. The van der Waals surface area contributed by atoms with Crippen molar-refractivity contribution in [2.75, 3.05) is 13.1 Å². The van der Waals surface area contributed by atoms with Crippen LogP contribution < -0.4 is 5.32 Å². The van der Waals surface area contributed by atoms with Crippen LogP contribution in [-0.2, 0) is 4.79 Å². The van der Waals surface area contributed by atoms with Crippen LogP contribution >= 0.6 is 0 Å². The zero-order valence-electron chi connectivity index (χ0n) is 8.60. The molecule has 0 radical (unpaired) electrons. The van der Waals surface area contributed by atoms with Gasteiger partial charge in [0.2, 0.25) is 0 Å². The Balaban J connectivity index is 2.22. The van der Waals surface area contributed by atoms with Gasteiger partial charge in [0.1, 0.15) is 5.78 Å². The van der Waals surface area contributed by atoms with E-state index in [1.807, 2.05) is 0 Å². The molecule has 3 atom stereocenters. The van der Waals surface area contributed by atoms with Crippen LogP contribution in [0.15, 0.2) is 0 Å². The van der Waals surface area contributed by atoms with E-state index in [1.54, 1.807) is 0 Å². The number of hydrogen-bond acceptors (Lipinski definition) is 2. The second-order valence-corrected chi connectivity index (χ2v) is 4.96. The quantitative estimate of drug-likeness (QED) is 0.615. The molecule has 13 heavy (non-hydrogen) atoms. The summed E-state index contributed by atoms with van der Waals surface area (Å²) in [4.78, 5) is 11.9. The Morgan fingerprint density at radius 2 is 2.23 bits per heavy atom.